The first-order valence-corrected chi connectivity index (χ1v) is 11.2. The molecule has 0 radical (unpaired) electrons. The number of carboxylic acids is 1. The van der Waals surface area contributed by atoms with Gasteiger partial charge in [0.05, 0.1) is 18.9 Å². The number of carboxylic acid groups (broad SMARTS) is 1. The molecule has 0 aliphatic rings. The Morgan fingerprint density at radius 1 is 0.941 bits per heavy atom. The number of ketones is 1. The molecule has 0 aromatic heterocycles. The molecule has 0 saturated carbocycles. The number of hydrogen-bond acceptors (Lipinski definition) is 4. The smallest absolute Gasteiger partial charge is 0.312 e. The third-order valence-corrected chi connectivity index (χ3v) is 5.86. The normalized spacial score (nSPS) is 12.8. The molecule has 3 aromatic carbocycles. The van der Waals surface area contributed by atoms with Crippen LogP contribution >= 0.6 is 0 Å². The van der Waals surface area contributed by atoms with Crippen LogP contribution in [-0.4, -0.2) is 29.9 Å². The molecule has 3 rings (SSSR count). The third kappa shape index (κ3) is 6.29. The largest absolute Gasteiger partial charge is 0.481 e. The molecule has 0 saturated heterocycles. The highest BCUT2D eigenvalue weighted by Gasteiger charge is 2.26. The summed E-state index contributed by atoms with van der Waals surface area (Å²) in [6, 6.07) is 24.0. The third-order valence-electron chi connectivity index (χ3n) is 5.86. The van der Waals surface area contributed by atoms with Crippen LogP contribution in [0.15, 0.2) is 84.9 Å². The van der Waals surface area contributed by atoms with Gasteiger partial charge in [-0.3, -0.25) is 14.4 Å². The summed E-state index contributed by atoms with van der Waals surface area (Å²) in [5, 5.41) is 10.0. The van der Waals surface area contributed by atoms with E-state index in [0.717, 1.165) is 11.1 Å². The second-order valence-electron chi connectivity index (χ2n) is 8.11. The highest BCUT2D eigenvalue weighted by atomic mass is 16.5. The minimum atomic E-state index is -0.995. The van der Waals surface area contributed by atoms with E-state index in [0.29, 0.717) is 24.0 Å². The average Bonchev–Trinajstić information content (AvgIpc) is 2.87. The summed E-state index contributed by atoms with van der Waals surface area (Å²) in [4.78, 5) is 37.6. The van der Waals surface area contributed by atoms with Gasteiger partial charge in [-0.15, -0.1) is 0 Å². The number of benzene rings is 3. The molecule has 0 amide bonds. The lowest BCUT2D eigenvalue weighted by Gasteiger charge is -2.18. The molecule has 0 aliphatic carbocycles. The number of aryl methyl sites for hydroxylation is 1. The van der Waals surface area contributed by atoms with E-state index in [1.165, 1.54) is 13.2 Å². The van der Waals surface area contributed by atoms with Gasteiger partial charge in [0, 0.05) is 5.56 Å². The zero-order valence-electron chi connectivity index (χ0n) is 19.3. The Morgan fingerprint density at radius 3 is 2.21 bits per heavy atom. The van der Waals surface area contributed by atoms with Gasteiger partial charge in [0.15, 0.2) is 5.78 Å². The van der Waals surface area contributed by atoms with Crippen LogP contribution in [0.3, 0.4) is 0 Å². The van der Waals surface area contributed by atoms with Crippen molar-refractivity contribution < 1.29 is 24.2 Å². The number of rotatable bonds is 10. The predicted molar refractivity (Wildman–Crippen MR) is 132 cm³/mol. The Bertz CT molecular complexity index is 1170. The van der Waals surface area contributed by atoms with Gasteiger partial charge < -0.3 is 9.84 Å². The van der Waals surface area contributed by atoms with E-state index in [2.05, 4.69) is 0 Å². The summed E-state index contributed by atoms with van der Waals surface area (Å²) in [7, 11) is 1.31. The van der Waals surface area contributed by atoms with Gasteiger partial charge >= 0.3 is 11.9 Å². The number of carbonyl (C=O) groups excluding carboxylic acids is 2. The fourth-order valence-electron chi connectivity index (χ4n) is 3.87. The number of carbonyl (C=O) groups is 3. The topological polar surface area (TPSA) is 80.7 Å². The van der Waals surface area contributed by atoms with Crippen LogP contribution < -0.4 is 0 Å². The second kappa shape index (κ2) is 11.8. The lowest BCUT2D eigenvalue weighted by molar-refractivity contribution is -0.142. The van der Waals surface area contributed by atoms with Gasteiger partial charge in [-0.05, 0) is 54.2 Å². The van der Waals surface area contributed by atoms with Gasteiger partial charge in [-0.25, -0.2) is 0 Å². The summed E-state index contributed by atoms with van der Waals surface area (Å²) < 4.78 is 4.84. The minimum absolute atomic E-state index is 0.279. The van der Waals surface area contributed by atoms with Crippen LogP contribution in [0.2, 0.25) is 0 Å². The first kappa shape index (κ1) is 24.6. The molecule has 0 heterocycles. The van der Waals surface area contributed by atoms with Crippen LogP contribution in [0.4, 0.5) is 0 Å². The Hall–Kier alpha value is -3.99. The lowest BCUT2D eigenvalue weighted by atomic mass is 9.85. The molecular formula is C29H28O5. The van der Waals surface area contributed by atoms with E-state index in [1.807, 2.05) is 60.7 Å². The summed E-state index contributed by atoms with van der Waals surface area (Å²) >= 11 is 0. The maximum Gasteiger partial charge on any atom is 0.312 e. The molecule has 0 fully saturated rings. The Morgan fingerprint density at radius 2 is 1.59 bits per heavy atom. The fourth-order valence-corrected chi connectivity index (χ4v) is 3.87. The number of methoxy groups -OCH3 is 1. The van der Waals surface area contributed by atoms with Crippen molar-refractivity contribution in [2.24, 2.45) is 0 Å². The van der Waals surface area contributed by atoms with Gasteiger partial charge in [-0.2, -0.15) is 0 Å². The van der Waals surface area contributed by atoms with E-state index in [9.17, 15) is 19.5 Å². The molecule has 174 valence electrons. The molecule has 0 spiro atoms. The van der Waals surface area contributed by atoms with Crippen molar-refractivity contribution in [1.82, 2.24) is 0 Å². The second-order valence-corrected chi connectivity index (χ2v) is 8.11. The minimum Gasteiger partial charge on any atom is -0.481 e. The number of ether oxygens (including phenoxy) is 1. The molecule has 5 heteroatoms. The number of aliphatic carboxylic acids is 1. The van der Waals surface area contributed by atoms with Crippen LogP contribution in [-0.2, 0) is 20.7 Å². The van der Waals surface area contributed by atoms with Crippen molar-refractivity contribution in [3.63, 3.8) is 0 Å². The quantitative estimate of drug-likeness (QED) is 0.242. The SMILES string of the molecule is COC(=O)C(C)c1ccc(C(CCc2ccccc2)C(=O)O)c(C(=O)/C=C/c2ccccc2)c1. The molecule has 1 N–H and O–H groups in total. The fraction of sp³-hybridized carbons (Fsp3) is 0.207. The van der Waals surface area contributed by atoms with Crippen LogP contribution in [0.1, 0.15) is 57.8 Å². The maximum atomic E-state index is 13.3. The van der Waals surface area contributed by atoms with Crippen molar-refractivity contribution in [2.75, 3.05) is 7.11 Å². The Labute approximate surface area is 199 Å². The van der Waals surface area contributed by atoms with E-state index in [-0.39, 0.29) is 11.3 Å². The van der Waals surface area contributed by atoms with Gasteiger partial charge in [0.2, 0.25) is 0 Å². The highest BCUT2D eigenvalue weighted by molar-refractivity contribution is 6.08. The summed E-state index contributed by atoms with van der Waals surface area (Å²) in [5.41, 5.74) is 3.20. The maximum absolute atomic E-state index is 13.3. The summed E-state index contributed by atoms with van der Waals surface area (Å²) in [6.07, 6.45) is 4.04. The number of hydrogen-bond donors (Lipinski definition) is 1. The van der Waals surface area contributed by atoms with Gasteiger partial charge in [0.1, 0.15) is 0 Å². The van der Waals surface area contributed by atoms with E-state index in [4.69, 9.17) is 4.74 Å². The van der Waals surface area contributed by atoms with E-state index >= 15 is 0 Å². The van der Waals surface area contributed by atoms with Crippen LogP contribution in [0.25, 0.3) is 6.08 Å². The molecule has 2 unspecified atom stereocenters. The first-order chi connectivity index (χ1) is 16.4. The zero-order valence-corrected chi connectivity index (χ0v) is 19.3. The number of allylic oxidation sites excluding steroid dienone is 1. The van der Waals surface area contributed by atoms with Crippen molar-refractivity contribution >= 4 is 23.8 Å². The lowest BCUT2D eigenvalue weighted by Crippen LogP contribution is -2.18. The van der Waals surface area contributed by atoms with Crippen LogP contribution in [0, 0.1) is 0 Å². The highest BCUT2D eigenvalue weighted by Crippen LogP contribution is 2.30. The molecule has 5 nitrogen and oxygen atoms in total. The zero-order chi connectivity index (χ0) is 24.5. The molecule has 0 bridgehead atoms. The monoisotopic (exact) mass is 456 g/mol. The molecule has 3 aromatic rings. The van der Waals surface area contributed by atoms with Crippen LogP contribution in [0.5, 0.6) is 0 Å². The molecule has 0 aliphatic heterocycles. The molecule has 2 atom stereocenters. The Kier molecular flexibility index (Phi) is 8.52. The molecular weight excluding hydrogens is 428 g/mol. The van der Waals surface area contributed by atoms with Crippen molar-refractivity contribution in [1.29, 1.82) is 0 Å². The van der Waals surface area contributed by atoms with Gasteiger partial charge in [0.25, 0.3) is 0 Å². The van der Waals surface area contributed by atoms with E-state index < -0.39 is 23.8 Å². The van der Waals surface area contributed by atoms with Gasteiger partial charge in [-0.1, -0.05) is 78.9 Å². The summed E-state index contributed by atoms with van der Waals surface area (Å²) in [5.74, 6) is -3.19. The van der Waals surface area contributed by atoms with E-state index in [1.54, 1.807) is 31.2 Å². The first-order valence-electron chi connectivity index (χ1n) is 11.2. The summed E-state index contributed by atoms with van der Waals surface area (Å²) in [6.45, 7) is 1.69. The van der Waals surface area contributed by atoms with Crippen molar-refractivity contribution in [3.8, 4) is 0 Å². The Balaban J connectivity index is 1.99. The predicted octanol–water partition coefficient (Wildman–Crippen LogP) is 5.66. The molecule has 34 heavy (non-hydrogen) atoms. The van der Waals surface area contributed by atoms with Crippen molar-refractivity contribution in [3.05, 3.63) is 113 Å². The standard InChI is InChI=1S/C29H28O5/c1-20(29(33)34-2)23-15-17-24(25(28(31)32)16-13-21-9-5-3-6-10-21)26(19-23)27(30)18-14-22-11-7-4-8-12-22/h3-12,14-15,17-20,25H,13,16H2,1-2H3,(H,31,32)/b18-14+. The van der Waals surface area contributed by atoms with Crippen molar-refractivity contribution in [2.45, 2.75) is 31.6 Å². The average molecular weight is 457 g/mol. The number of esters is 1.